The lowest BCUT2D eigenvalue weighted by Gasteiger charge is -2.36. The number of ketones is 1. The number of benzene rings is 1. The molecule has 2 aromatic heterocycles. The number of nitrogens with one attached hydrogen (secondary N) is 2. The number of rotatable bonds is 30. The molecular formula is C42H60N7O19P3-4. The number of imidazole rings is 1. The highest BCUT2D eigenvalue weighted by molar-refractivity contribution is 7.59. The molecule has 7 N–H and O–H groups in total. The summed E-state index contributed by atoms with van der Waals surface area (Å²) in [6.07, 6.45) is -0.615. The van der Waals surface area contributed by atoms with Crippen LogP contribution in [-0.2, 0) is 68.3 Å². The van der Waals surface area contributed by atoms with Crippen molar-refractivity contribution in [2.24, 2.45) is 16.2 Å². The quantitative estimate of drug-likeness (QED) is 0.0390. The first-order chi connectivity index (χ1) is 33.0. The number of nitrogens with two attached hydrogens (primary N) is 1. The summed E-state index contributed by atoms with van der Waals surface area (Å²) in [5.41, 5.74) is 5.24. The van der Waals surface area contributed by atoms with Crippen LogP contribution >= 0.6 is 23.5 Å². The summed E-state index contributed by atoms with van der Waals surface area (Å²) < 4.78 is 61.0. The number of anilines is 1. The number of carbonyl (C=O) groups is 4. The van der Waals surface area contributed by atoms with Gasteiger partial charge in [0.15, 0.2) is 17.7 Å². The van der Waals surface area contributed by atoms with Crippen molar-refractivity contribution in [1.29, 1.82) is 0 Å². The molecule has 3 aromatic rings. The number of unbranched alkanes of at least 4 members (excludes halogenated alkanes) is 1. The largest absolute Gasteiger partial charge is 0.790 e. The number of fused-ring (bicyclic) bond motifs is 1. The maximum atomic E-state index is 13.1. The van der Waals surface area contributed by atoms with Crippen LogP contribution in [0.25, 0.3) is 11.2 Å². The molecular weight excluding hydrogens is 999 g/mol. The minimum absolute atomic E-state index is 0.0277. The van der Waals surface area contributed by atoms with E-state index in [1.807, 2.05) is 26.0 Å². The van der Waals surface area contributed by atoms with Gasteiger partial charge in [0.25, 0.3) is 15.6 Å². The van der Waals surface area contributed by atoms with E-state index in [2.05, 4.69) is 55.6 Å². The summed E-state index contributed by atoms with van der Waals surface area (Å²) >= 11 is 0. The number of hydrogen-bond acceptors (Lipinski definition) is 22. The first kappa shape index (κ1) is 57.8. The molecule has 2 aliphatic rings. The number of phosphoric acid groups is 3. The third-order valence-electron chi connectivity index (χ3n) is 12.4. The molecule has 1 aliphatic carbocycles. The number of phosphoric ester groups is 3. The number of amides is 2. The highest BCUT2D eigenvalue weighted by Crippen LogP contribution is 2.56. The molecule has 5 rings (SSSR count). The Hall–Kier alpha value is -4.10. The molecule has 71 heavy (non-hydrogen) atoms. The summed E-state index contributed by atoms with van der Waals surface area (Å²) in [5.74, 6) is -2.36. The van der Waals surface area contributed by atoms with Crippen LogP contribution in [0.4, 0.5) is 5.82 Å². The Morgan fingerprint density at radius 2 is 1.59 bits per heavy atom. The van der Waals surface area contributed by atoms with Crippen LogP contribution in [0.5, 0.6) is 0 Å². The van der Waals surface area contributed by atoms with E-state index in [4.69, 9.17) is 10.5 Å². The Morgan fingerprint density at radius 1 is 0.944 bits per heavy atom. The molecule has 2 amide bonds. The number of aliphatic hydroxyl groups is 2. The predicted molar refractivity (Wildman–Crippen MR) is 240 cm³/mol. The number of aliphatic hydroxyl groups excluding tert-OH is 2. The number of aryl methyl sites for hydroxylation is 2. The van der Waals surface area contributed by atoms with E-state index in [9.17, 15) is 67.8 Å². The lowest BCUT2D eigenvalue weighted by atomic mass is 9.81. The van der Waals surface area contributed by atoms with Crippen LogP contribution in [-0.4, -0.2) is 109 Å². The second kappa shape index (κ2) is 23.8. The maximum absolute atomic E-state index is 13.1. The molecule has 26 nitrogen and oxygen atoms in total. The number of carbonyl (C=O) groups excluding carboxylic acids is 3. The van der Waals surface area contributed by atoms with Crippen molar-refractivity contribution in [2.45, 2.75) is 129 Å². The van der Waals surface area contributed by atoms with Crippen LogP contribution in [0, 0.1) is 16.2 Å². The van der Waals surface area contributed by atoms with Gasteiger partial charge in [-0.3, -0.25) is 32.9 Å². The van der Waals surface area contributed by atoms with Crippen molar-refractivity contribution in [3.8, 4) is 0 Å². The fourth-order valence-corrected chi connectivity index (χ4v) is 10.6. The minimum Gasteiger partial charge on any atom is -0.790 e. The number of Topliss-reactive ketones (excluding diaryl/α,β-unsaturated/α-hetero) is 1. The third-order valence-corrected chi connectivity index (χ3v) is 15.4. The Bertz CT molecular complexity index is 2520. The number of carboxylic acids is 1. The van der Waals surface area contributed by atoms with Crippen molar-refractivity contribution < 1.29 is 90.4 Å². The van der Waals surface area contributed by atoms with Gasteiger partial charge in [-0.1, -0.05) is 58.4 Å². The zero-order chi connectivity index (χ0) is 52.6. The van der Waals surface area contributed by atoms with Crippen molar-refractivity contribution in [3.63, 3.8) is 0 Å². The molecule has 1 saturated heterocycles. The molecule has 1 aliphatic heterocycles. The molecule has 7 unspecified atom stereocenters. The molecule has 1 saturated carbocycles. The lowest BCUT2D eigenvalue weighted by molar-refractivity contribution is -0.347. The number of ether oxygens (including phenoxy) is 1. The van der Waals surface area contributed by atoms with Crippen LogP contribution < -0.4 is 35.9 Å². The smallest absolute Gasteiger partial charge is 0.309 e. The number of hydrogen-bond donors (Lipinski definition) is 6. The Kier molecular flexibility index (Phi) is 19.4. The average Bonchev–Trinajstić information content (AvgIpc) is 3.86. The van der Waals surface area contributed by atoms with Gasteiger partial charge in [-0.05, 0) is 62.5 Å². The van der Waals surface area contributed by atoms with E-state index in [0.29, 0.717) is 12.8 Å². The van der Waals surface area contributed by atoms with Crippen LogP contribution in [0.3, 0.4) is 0 Å². The van der Waals surface area contributed by atoms with E-state index in [1.54, 1.807) is 0 Å². The SMILES string of the molecule is CC(C)(CCCc1cccc(CCCCC2(C(=O)O)CC2)c1)C(=O)CCNC(=O)CCNC(=O)C(O)C(C)(C)COP(=O)([O-])OP(=O)([O-])OCC1OC(n2cnc3c(N)ncnc32)C(O)C1OP(=O)([O-])[O-]. The fraction of sp³-hybridized carbons (Fsp3) is 0.643. The van der Waals surface area contributed by atoms with Gasteiger partial charge in [0.05, 0.1) is 32.8 Å². The molecule has 1 aromatic carbocycles. The summed E-state index contributed by atoms with van der Waals surface area (Å²) in [6, 6.07) is 8.27. The van der Waals surface area contributed by atoms with Crippen molar-refractivity contribution in [1.82, 2.24) is 30.2 Å². The predicted octanol–water partition coefficient (Wildman–Crippen LogP) is 0.463. The standard InChI is InChI=1S/C42H64N7O19P3/c1-40(2,15-8-12-27-11-7-10-26(21-27)9-5-6-16-42(17-18-42)39(55)56)29(50)13-19-44-30(51)14-20-45-37(54)34(53)41(3,4)23-65-71(62,63)68-70(60,61)64-22-28-33(67-69(57,58)59)32(52)38(66-28)49-25-48-31-35(43)46-24-47-36(31)49/h7,10-11,21,24-25,28,32-34,38,52-53H,5-6,8-9,12-20,22-23H2,1-4H3,(H,44,51)(H,45,54)(H,55,56)(H,60,61)(H,62,63)(H2,43,46,47)(H2,57,58,59)/p-4. The van der Waals surface area contributed by atoms with Crippen molar-refractivity contribution >= 4 is 64.0 Å². The number of aliphatic carboxylic acids is 1. The molecule has 0 radical (unpaired) electrons. The van der Waals surface area contributed by atoms with Gasteiger partial charge in [0.2, 0.25) is 11.8 Å². The van der Waals surface area contributed by atoms with Gasteiger partial charge in [-0.2, -0.15) is 0 Å². The third kappa shape index (κ3) is 16.7. The van der Waals surface area contributed by atoms with E-state index in [-0.39, 0.29) is 48.7 Å². The Labute approximate surface area is 408 Å². The first-order valence-corrected chi connectivity index (χ1v) is 27.1. The molecule has 29 heteroatoms. The number of nitrogen functional groups attached to an aromatic ring is 1. The average molecular weight is 1060 g/mol. The molecule has 2 fully saturated rings. The highest BCUT2D eigenvalue weighted by Gasteiger charge is 2.49. The van der Waals surface area contributed by atoms with Gasteiger partial charge in [-0.25, -0.2) is 19.3 Å². The number of aromatic nitrogens is 4. The Morgan fingerprint density at radius 3 is 2.24 bits per heavy atom. The molecule has 3 heterocycles. The second-order valence-electron chi connectivity index (χ2n) is 19.0. The molecule has 396 valence electrons. The first-order valence-electron chi connectivity index (χ1n) is 22.7. The molecule has 0 spiro atoms. The maximum Gasteiger partial charge on any atom is 0.309 e. The van der Waals surface area contributed by atoms with Crippen LogP contribution in [0.2, 0.25) is 0 Å². The van der Waals surface area contributed by atoms with Gasteiger partial charge in [0.1, 0.15) is 42.0 Å². The highest BCUT2D eigenvalue weighted by atomic mass is 31.3. The molecule has 0 bridgehead atoms. The Balaban J connectivity index is 0.983. The minimum atomic E-state index is -5.94. The monoisotopic (exact) mass is 1060 g/mol. The van der Waals surface area contributed by atoms with Crippen molar-refractivity contribution in [3.05, 3.63) is 48.0 Å². The normalized spacial score (nSPS) is 21.3. The number of nitrogens with zero attached hydrogens (tertiary/aromatic N) is 4. The summed E-state index contributed by atoms with van der Waals surface area (Å²) in [5, 5.41) is 35.9. The van der Waals surface area contributed by atoms with Crippen molar-refractivity contribution in [2.75, 3.05) is 32.0 Å². The van der Waals surface area contributed by atoms with Crippen LogP contribution in [0.1, 0.15) is 103 Å². The van der Waals surface area contributed by atoms with E-state index in [1.165, 1.54) is 19.4 Å². The van der Waals surface area contributed by atoms with Gasteiger partial charge in [0, 0.05) is 36.8 Å². The van der Waals surface area contributed by atoms with E-state index < -0.39 is 101 Å². The van der Waals surface area contributed by atoms with Gasteiger partial charge in [-0.15, -0.1) is 0 Å². The fourth-order valence-electron chi connectivity index (χ4n) is 7.90. The van der Waals surface area contributed by atoms with Gasteiger partial charge >= 0.3 is 5.97 Å². The topological polar surface area (TPSA) is 412 Å². The van der Waals surface area contributed by atoms with Gasteiger partial charge < -0.3 is 74.1 Å². The zero-order valence-corrected chi connectivity index (χ0v) is 42.2. The van der Waals surface area contributed by atoms with E-state index in [0.717, 1.165) is 67.7 Å². The van der Waals surface area contributed by atoms with E-state index >= 15 is 0 Å². The zero-order valence-electron chi connectivity index (χ0n) is 39.5. The number of carboxylic acid groups (broad SMARTS) is 1. The van der Waals surface area contributed by atoms with Crippen LogP contribution in [0.15, 0.2) is 36.9 Å². The summed E-state index contributed by atoms with van der Waals surface area (Å²) in [7, 11) is -17.7. The summed E-state index contributed by atoms with van der Waals surface area (Å²) in [6.45, 7) is 3.58. The molecule has 7 atom stereocenters. The lowest BCUT2D eigenvalue weighted by Crippen LogP contribution is -2.46. The second-order valence-corrected chi connectivity index (χ2v) is 23.1. The summed E-state index contributed by atoms with van der Waals surface area (Å²) in [4.78, 5) is 110.